The molecular weight excluding hydrogens is 296 g/mol. The molecule has 0 spiro atoms. The molecule has 0 radical (unpaired) electrons. The first-order valence-corrected chi connectivity index (χ1v) is 8.24. The van der Waals surface area contributed by atoms with Crippen LogP contribution in [0.2, 0.25) is 0 Å². The van der Waals surface area contributed by atoms with Gasteiger partial charge in [-0.15, -0.1) is 15.3 Å². The second-order valence-corrected chi connectivity index (χ2v) is 7.02. The van der Waals surface area contributed by atoms with E-state index in [0.29, 0.717) is 5.75 Å². The Morgan fingerprint density at radius 1 is 1.55 bits per heavy atom. The number of hydrogen-bond acceptors (Lipinski definition) is 7. The zero-order valence-electron chi connectivity index (χ0n) is 11.4. The molecule has 0 bridgehead atoms. The van der Waals surface area contributed by atoms with Crippen molar-refractivity contribution in [1.29, 1.82) is 0 Å². The maximum atomic E-state index is 11.6. The minimum Gasteiger partial charge on any atom is -0.348 e. The highest BCUT2D eigenvalue weighted by molar-refractivity contribution is 8.01. The summed E-state index contributed by atoms with van der Waals surface area (Å²) in [7, 11) is 3.51. The van der Waals surface area contributed by atoms with Gasteiger partial charge in [0.05, 0.1) is 11.8 Å². The molecule has 1 aliphatic heterocycles. The van der Waals surface area contributed by atoms with Crippen LogP contribution in [0.5, 0.6) is 0 Å². The van der Waals surface area contributed by atoms with Gasteiger partial charge < -0.3 is 10.2 Å². The molecule has 2 aromatic heterocycles. The van der Waals surface area contributed by atoms with Crippen LogP contribution in [0.15, 0.2) is 4.34 Å². The summed E-state index contributed by atoms with van der Waals surface area (Å²) in [6.07, 6.45) is 2.22. The van der Waals surface area contributed by atoms with Gasteiger partial charge in [0.1, 0.15) is 0 Å². The highest BCUT2D eigenvalue weighted by atomic mass is 32.2. The lowest BCUT2D eigenvalue weighted by molar-refractivity contribution is -0.125. The van der Waals surface area contributed by atoms with E-state index in [4.69, 9.17) is 0 Å². The maximum absolute atomic E-state index is 11.6. The van der Waals surface area contributed by atoms with Crippen molar-refractivity contribution in [2.75, 3.05) is 26.4 Å². The normalized spacial score (nSPS) is 18.8. The number of carbonyl (C=O) groups is 1. The van der Waals surface area contributed by atoms with Crippen LogP contribution in [-0.4, -0.2) is 57.0 Å². The minimum atomic E-state index is 0.0821. The first-order chi connectivity index (χ1) is 9.65. The second kappa shape index (κ2) is 5.66. The average molecular weight is 312 g/mol. The first kappa shape index (κ1) is 13.8. The zero-order chi connectivity index (χ0) is 14.1. The molecule has 7 nitrogen and oxygen atoms in total. The molecule has 1 fully saturated rings. The lowest BCUT2D eigenvalue weighted by Crippen LogP contribution is -2.23. The Morgan fingerprint density at radius 3 is 3.10 bits per heavy atom. The van der Waals surface area contributed by atoms with E-state index in [0.717, 1.165) is 34.5 Å². The quantitative estimate of drug-likeness (QED) is 0.841. The van der Waals surface area contributed by atoms with Crippen LogP contribution < -0.4 is 5.32 Å². The fraction of sp³-hybridized carbons (Fsp3) is 0.636. The van der Waals surface area contributed by atoms with Crippen LogP contribution in [0.4, 0.5) is 0 Å². The maximum Gasteiger partial charge on any atom is 0.235 e. The Labute approximate surface area is 124 Å². The van der Waals surface area contributed by atoms with Crippen LogP contribution in [0, 0.1) is 0 Å². The Hall–Kier alpha value is -1.19. The topological polar surface area (TPSA) is 75.4 Å². The van der Waals surface area contributed by atoms with Gasteiger partial charge in [0.15, 0.2) is 10.2 Å². The minimum absolute atomic E-state index is 0.0821. The van der Waals surface area contributed by atoms with E-state index in [1.54, 1.807) is 23.5 Å². The van der Waals surface area contributed by atoms with Crippen molar-refractivity contribution >= 4 is 34.0 Å². The number of hydrogen-bond donors (Lipinski definition) is 1. The van der Waals surface area contributed by atoms with Gasteiger partial charge in [-0.3, -0.25) is 4.79 Å². The molecule has 1 saturated heterocycles. The monoisotopic (exact) mass is 312 g/mol. The van der Waals surface area contributed by atoms with E-state index in [1.165, 1.54) is 23.1 Å². The van der Waals surface area contributed by atoms with Crippen molar-refractivity contribution < 1.29 is 4.79 Å². The first-order valence-electron chi connectivity index (χ1n) is 6.43. The Kier molecular flexibility index (Phi) is 3.90. The number of aromatic nitrogens is 4. The summed E-state index contributed by atoms with van der Waals surface area (Å²) < 4.78 is 2.65. The van der Waals surface area contributed by atoms with Crippen molar-refractivity contribution in [2.45, 2.75) is 23.2 Å². The summed E-state index contributed by atoms with van der Waals surface area (Å²) in [6, 6.07) is 0.244. The van der Waals surface area contributed by atoms with Crippen LogP contribution in [0.25, 0.3) is 4.96 Å². The van der Waals surface area contributed by atoms with Crippen molar-refractivity contribution in [3.8, 4) is 0 Å². The Morgan fingerprint density at radius 2 is 2.40 bits per heavy atom. The molecule has 0 aromatic carbocycles. The molecule has 3 rings (SSSR count). The van der Waals surface area contributed by atoms with E-state index in [9.17, 15) is 4.79 Å². The molecule has 0 saturated carbocycles. The predicted molar refractivity (Wildman–Crippen MR) is 78.1 cm³/mol. The molecule has 2 aromatic rings. The summed E-state index contributed by atoms with van der Waals surface area (Å²) in [6.45, 7) is 1.02. The van der Waals surface area contributed by atoms with Gasteiger partial charge in [0.25, 0.3) is 0 Å². The molecular formula is C11H16N6OS2. The van der Waals surface area contributed by atoms with E-state index < -0.39 is 0 Å². The molecule has 1 amide bonds. The molecule has 108 valence electrons. The third kappa shape index (κ3) is 2.65. The summed E-state index contributed by atoms with van der Waals surface area (Å²) >= 11 is 2.92. The molecule has 9 heteroatoms. The van der Waals surface area contributed by atoms with Gasteiger partial charge in [-0.05, 0) is 19.4 Å². The zero-order valence-corrected chi connectivity index (χ0v) is 13.0. The fourth-order valence-electron chi connectivity index (χ4n) is 2.05. The molecule has 0 unspecified atom stereocenters. The van der Waals surface area contributed by atoms with Crippen molar-refractivity contribution in [2.24, 2.45) is 0 Å². The SMILES string of the molecule is CN(C)C(=O)CSc1nn2c([C@H]3CCCN3)nnc2s1. The molecule has 0 aliphatic carbocycles. The number of nitrogens with one attached hydrogen (secondary N) is 1. The summed E-state index contributed by atoms with van der Waals surface area (Å²) in [5.74, 6) is 1.35. The van der Waals surface area contributed by atoms with Crippen LogP contribution in [-0.2, 0) is 4.79 Å². The number of nitrogens with zero attached hydrogens (tertiary/aromatic N) is 5. The average Bonchev–Trinajstić information content (AvgIpc) is 3.10. The van der Waals surface area contributed by atoms with Crippen molar-refractivity contribution in [3.05, 3.63) is 5.82 Å². The van der Waals surface area contributed by atoms with Gasteiger partial charge in [0.2, 0.25) is 10.9 Å². The van der Waals surface area contributed by atoms with Gasteiger partial charge in [-0.2, -0.15) is 4.52 Å². The van der Waals surface area contributed by atoms with Crippen LogP contribution in [0.1, 0.15) is 24.7 Å². The standard InChI is InChI=1S/C11H16N6OS2/c1-16(2)8(18)6-19-11-15-17-9(7-4-3-5-12-7)13-14-10(17)20-11/h7,12H,3-6H2,1-2H3/t7-/m1/s1. The molecule has 1 aliphatic rings. The number of fused-ring (bicyclic) bond motifs is 1. The van der Waals surface area contributed by atoms with Crippen LogP contribution >= 0.6 is 23.1 Å². The van der Waals surface area contributed by atoms with E-state index in [-0.39, 0.29) is 11.9 Å². The van der Waals surface area contributed by atoms with Crippen molar-refractivity contribution in [3.63, 3.8) is 0 Å². The number of rotatable bonds is 4. The molecule has 1 atom stereocenters. The lowest BCUT2D eigenvalue weighted by Gasteiger charge is -2.08. The third-order valence-corrected chi connectivity index (χ3v) is 5.20. The number of thioether (sulfide) groups is 1. The smallest absolute Gasteiger partial charge is 0.235 e. The largest absolute Gasteiger partial charge is 0.348 e. The van der Waals surface area contributed by atoms with Crippen molar-refractivity contribution in [1.82, 2.24) is 30.0 Å². The lowest BCUT2D eigenvalue weighted by atomic mass is 10.2. The van der Waals surface area contributed by atoms with Gasteiger partial charge in [-0.25, -0.2) is 0 Å². The Balaban J connectivity index is 1.75. The summed E-state index contributed by atoms with van der Waals surface area (Å²) in [5.41, 5.74) is 0. The van der Waals surface area contributed by atoms with E-state index in [2.05, 4.69) is 20.6 Å². The Bertz CT molecular complexity index is 615. The van der Waals surface area contributed by atoms with Gasteiger partial charge in [0, 0.05) is 14.1 Å². The van der Waals surface area contributed by atoms with Gasteiger partial charge in [-0.1, -0.05) is 23.1 Å². The second-order valence-electron chi connectivity index (χ2n) is 4.85. The number of amides is 1. The fourth-order valence-corrected chi connectivity index (χ4v) is 3.91. The number of carbonyl (C=O) groups excluding carboxylic acids is 1. The third-order valence-electron chi connectivity index (χ3n) is 3.19. The highest BCUT2D eigenvalue weighted by Crippen LogP contribution is 2.28. The van der Waals surface area contributed by atoms with E-state index >= 15 is 0 Å². The highest BCUT2D eigenvalue weighted by Gasteiger charge is 2.23. The van der Waals surface area contributed by atoms with E-state index in [1.807, 2.05) is 0 Å². The van der Waals surface area contributed by atoms with Crippen LogP contribution in [0.3, 0.4) is 0 Å². The predicted octanol–water partition coefficient (Wildman–Crippen LogP) is 0.791. The van der Waals surface area contributed by atoms with Gasteiger partial charge >= 0.3 is 0 Å². The summed E-state index contributed by atoms with van der Waals surface area (Å²) in [4.78, 5) is 14.0. The molecule has 3 heterocycles. The molecule has 1 N–H and O–H groups in total. The molecule has 20 heavy (non-hydrogen) atoms. The summed E-state index contributed by atoms with van der Waals surface area (Å²) in [5, 5.41) is 16.3.